The first-order chi connectivity index (χ1) is 9.74. The van der Waals surface area contributed by atoms with Crippen LogP contribution in [-0.2, 0) is 6.54 Å². The average Bonchev–Trinajstić information content (AvgIpc) is 2.95. The van der Waals surface area contributed by atoms with Crippen molar-refractivity contribution in [1.29, 1.82) is 0 Å². The van der Waals surface area contributed by atoms with Crippen molar-refractivity contribution in [2.75, 3.05) is 11.9 Å². The molecule has 1 heterocycles. The van der Waals surface area contributed by atoms with E-state index < -0.39 is 0 Å². The normalized spacial score (nSPS) is 18.6. The van der Waals surface area contributed by atoms with Gasteiger partial charge in [-0.3, -0.25) is 9.58 Å². The molecule has 0 spiro atoms. The van der Waals surface area contributed by atoms with Gasteiger partial charge in [0, 0.05) is 36.7 Å². The van der Waals surface area contributed by atoms with E-state index in [9.17, 15) is 0 Å². The zero-order valence-corrected chi connectivity index (χ0v) is 14.5. The first-order valence-electron chi connectivity index (χ1n) is 8.08. The van der Waals surface area contributed by atoms with Gasteiger partial charge in [-0.15, -0.1) is 0 Å². The van der Waals surface area contributed by atoms with Gasteiger partial charge in [-0.05, 0) is 32.3 Å². The van der Waals surface area contributed by atoms with Crippen LogP contribution in [0.1, 0.15) is 64.1 Å². The largest absolute Gasteiger partial charge is 0.294 e. The van der Waals surface area contributed by atoms with E-state index in [0.717, 1.165) is 30.9 Å². The summed E-state index contributed by atoms with van der Waals surface area (Å²) in [5.41, 5.74) is 1.22. The molecule has 0 amide bonds. The standard InChI is InChI=1S/C16H28BrN3/c1-3-14(2)20-11-9-15(18-20)13-19(12-10-17)16-7-5-4-6-8-16/h9,11,14,16H,3-8,10,12-13H2,1-2H3. The highest BCUT2D eigenvalue weighted by molar-refractivity contribution is 9.09. The van der Waals surface area contributed by atoms with Crippen LogP contribution >= 0.6 is 15.9 Å². The molecule has 1 atom stereocenters. The molecule has 114 valence electrons. The van der Waals surface area contributed by atoms with Gasteiger partial charge < -0.3 is 0 Å². The van der Waals surface area contributed by atoms with Gasteiger partial charge in [0.15, 0.2) is 0 Å². The Hall–Kier alpha value is -0.350. The van der Waals surface area contributed by atoms with Crippen LogP contribution in [-0.4, -0.2) is 32.6 Å². The number of aromatic nitrogens is 2. The molecule has 0 N–H and O–H groups in total. The second kappa shape index (κ2) is 8.18. The maximum absolute atomic E-state index is 4.76. The van der Waals surface area contributed by atoms with Crippen molar-refractivity contribution in [3.63, 3.8) is 0 Å². The Kier molecular flexibility index (Phi) is 6.56. The SMILES string of the molecule is CCC(C)n1ccc(CN(CCBr)C2CCCCC2)n1. The molecule has 1 unspecified atom stereocenters. The summed E-state index contributed by atoms with van der Waals surface area (Å²) < 4.78 is 2.11. The van der Waals surface area contributed by atoms with E-state index >= 15 is 0 Å². The van der Waals surface area contributed by atoms with Gasteiger partial charge in [-0.2, -0.15) is 5.10 Å². The first kappa shape index (κ1) is 16.0. The van der Waals surface area contributed by atoms with Crippen LogP contribution in [0.4, 0.5) is 0 Å². The lowest BCUT2D eigenvalue weighted by Crippen LogP contribution is -2.37. The molecule has 2 rings (SSSR count). The summed E-state index contributed by atoms with van der Waals surface area (Å²) in [7, 11) is 0. The lowest BCUT2D eigenvalue weighted by molar-refractivity contribution is 0.155. The van der Waals surface area contributed by atoms with Crippen LogP contribution in [0, 0.1) is 0 Å². The third-order valence-corrected chi connectivity index (χ3v) is 4.89. The number of halogens is 1. The van der Waals surface area contributed by atoms with E-state index in [1.807, 2.05) is 0 Å². The zero-order valence-electron chi connectivity index (χ0n) is 12.9. The quantitative estimate of drug-likeness (QED) is 0.686. The van der Waals surface area contributed by atoms with Gasteiger partial charge in [0.05, 0.1) is 5.69 Å². The van der Waals surface area contributed by atoms with Crippen LogP contribution in [0.15, 0.2) is 12.3 Å². The fourth-order valence-corrected chi connectivity index (χ4v) is 3.50. The van der Waals surface area contributed by atoms with Crippen molar-refractivity contribution >= 4 is 15.9 Å². The van der Waals surface area contributed by atoms with Crippen LogP contribution in [0.2, 0.25) is 0 Å². The third-order valence-electron chi connectivity index (χ3n) is 4.53. The summed E-state index contributed by atoms with van der Waals surface area (Å²) in [5.74, 6) is 0. The molecular weight excluding hydrogens is 314 g/mol. The van der Waals surface area contributed by atoms with Crippen LogP contribution in [0.3, 0.4) is 0 Å². The minimum atomic E-state index is 0.503. The maximum Gasteiger partial charge on any atom is 0.0765 e. The summed E-state index contributed by atoms with van der Waals surface area (Å²) in [5, 5.41) is 5.81. The fourth-order valence-electron chi connectivity index (χ4n) is 3.05. The number of hydrogen-bond donors (Lipinski definition) is 0. The second-order valence-corrected chi connectivity index (χ2v) is 6.79. The lowest BCUT2D eigenvalue weighted by atomic mass is 9.94. The Morgan fingerprint density at radius 3 is 2.80 bits per heavy atom. The summed E-state index contributed by atoms with van der Waals surface area (Å²) in [6.45, 7) is 6.57. The van der Waals surface area contributed by atoms with E-state index in [1.54, 1.807) is 0 Å². The number of alkyl halides is 1. The molecule has 0 radical (unpaired) electrons. The minimum Gasteiger partial charge on any atom is -0.294 e. The molecule has 1 aromatic rings. The monoisotopic (exact) mass is 341 g/mol. The van der Waals surface area contributed by atoms with E-state index in [1.165, 1.54) is 37.8 Å². The van der Waals surface area contributed by atoms with Gasteiger partial charge in [0.2, 0.25) is 0 Å². The zero-order chi connectivity index (χ0) is 14.4. The second-order valence-electron chi connectivity index (χ2n) is 6.00. The van der Waals surface area contributed by atoms with E-state index in [4.69, 9.17) is 5.10 Å². The molecule has 1 aromatic heterocycles. The average molecular weight is 342 g/mol. The fraction of sp³-hybridized carbons (Fsp3) is 0.812. The van der Waals surface area contributed by atoms with Gasteiger partial charge in [0.1, 0.15) is 0 Å². The molecule has 1 aliphatic carbocycles. The Morgan fingerprint density at radius 2 is 2.15 bits per heavy atom. The Morgan fingerprint density at radius 1 is 1.40 bits per heavy atom. The molecular formula is C16H28BrN3. The van der Waals surface area contributed by atoms with Crippen LogP contribution in [0.25, 0.3) is 0 Å². The molecule has 1 saturated carbocycles. The predicted octanol–water partition coefficient (Wildman–Crippen LogP) is 4.38. The maximum atomic E-state index is 4.76. The molecule has 1 fully saturated rings. The van der Waals surface area contributed by atoms with E-state index in [0.29, 0.717) is 6.04 Å². The molecule has 1 aliphatic rings. The number of nitrogens with zero attached hydrogens (tertiary/aromatic N) is 3. The van der Waals surface area contributed by atoms with Crippen molar-refractivity contribution in [3.8, 4) is 0 Å². The molecule has 0 aromatic carbocycles. The van der Waals surface area contributed by atoms with E-state index in [2.05, 4.69) is 51.6 Å². The first-order valence-corrected chi connectivity index (χ1v) is 9.20. The van der Waals surface area contributed by atoms with Gasteiger partial charge in [-0.1, -0.05) is 42.1 Å². The highest BCUT2D eigenvalue weighted by atomic mass is 79.9. The Balaban J connectivity index is 1.97. The minimum absolute atomic E-state index is 0.503. The number of rotatable bonds is 7. The van der Waals surface area contributed by atoms with Crippen molar-refractivity contribution < 1.29 is 0 Å². The Bertz CT molecular complexity index is 385. The van der Waals surface area contributed by atoms with Crippen LogP contribution < -0.4 is 0 Å². The topological polar surface area (TPSA) is 21.1 Å². The van der Waals surface area contributed by atoms with Gasteiger partial charge in [-0.25, -0.2) is 0 Å². The molecule has 3 nitrogen and oxygen atoms in total. The molecule has 20 heavy (non-hydrogen) atoms. The molecule has 0 bridgehead atoms. The highest BCUT2D eigenvalue weighted by Gasteiger charge is 2.21. The number of hydrogen-bond acceptors (Lipinski definition) is 2. The smallest absolute Gasteiger partial charge is 0.0765 e. The molecule has 0 aliphatic heterocycles. The van der Waals surface area contributed by atoms with Crippen molar-refractivity contribution in [3.05, 3.63) is 18.0 Å². The van der Waals surface area contributed by atoms with Gasteiger partial charge in [0.25, 0.3) is 0 Å². The lowest BCUT2D eigenvalue weighted by Gasteiger charge is -2.33. The highest BCUT2D eigenvalue weighted by Crippen LogP contribution is 2.24. The summed E-state index contributed by atoms with van der Waals surface area (Å²) in [6.07, 6.45) is 10.2. The van der Waals surface area contributed by atoms with Crippen molar-refractivity contribution in [2.45, 2.75) is 71.0 Å². The van der Waals surface area contributed by atoms with Crippen molar-refractivity contribution in [1.82, 2.24) is 14.7 Å². The molecule has 0 saturated heterocycles. The van der Waals surface area contributed by atoms with Gasteiger partial charge >= 0.3 is 0 Å². The summed E-state index contributed by atoms with van der Waals surface area (Å²) >= 11 is 3.60. The summed E-state index contributed by atoms with van der Waals surface area (Å²) in [4.78, 5) is 2.62. The Labute approximate surface area is 131 Å². The summed E-state index contributed by atoms with van der Waals surface area (Å²) in [6, 6.07) is 3.45. The van der Waals surface area contributed by atoms with Crippen LogP contribution in [0.5, 0.6) is 0 Å². The van der Waals surface area contributed by atoms with Crippen molar-refractivity contribution in [2.24, 2.45) is 0 Å². The molecule has 4 heteroatoms. The predicted molar refractivity (Wildman–Crippen MR) is 88.3 cm³/mol. The van der Waals surface area contributed by atoms with E-state index in [-0.39, 0.29) is 0 Å². The third kappa shape index (κ3) is 4.32.